The van der Waals surface area contributed by atoms with Crippen molar-refractivity contribution in [1.82, 2.24) is 4.90 Å². The molecule has 1 fully saturated rings. The molecule has 2 heteroatoms. The normalized spacial score (nSPS) is 22.5. The molecule has 1 atom stereocenters. The molecule has 1 aliphatic heterocycles. The van der Waals surface area contributed by atoms with Gasteiger partial charge in [-0.3, -0.25) is 4.90 Å². The van der Waals surface area contributed by atoms with E-state index in [1.54, 1.807) is 0 Å². The predicted octanol–water partition coefficient (Wildman–Crippen LogP) is 0.466. The smallest absolute Gasteiger partial charge is 0.0946 e. The van der Waals surface area contributed by atoms with Crippen LogP contribution >= 0.6 is 0 Å². The van der Waals surface area contributed by atoms with Gasteiger partial charge in [0.1, 0.15) is 0 Å². The lowest BCUT2D eigenvalue weighted by Gasteiger charge is -2.30. The molecule has 1 N–H and O–H groups in total. The van der Waals surface area contributed by atoms with Crippen molar-refractivity contribution in [2.45, 2.75) is 25.3 Å². The molecule has 0 bridgehead atoms. The molecule has 0 aromatic carbocycles. The Hall–Kier alpha value is -0.520. The summed E-state index contributed by atoms with van der Waals surface area (Å²) in [6.07, 6.45) is 9.01. The van der Waals surface area contributed by atoms with Gasteiger partial charge < -0.3 is 5.11 Å². The van der Waals surface area contributed by atoms with Gasteiger partial charge in [-0.25, -0.2) is 0 Å². The van der Waals surface area contributed by atoms with Crippen molar-refractivity contribution in [2.75, 3.05) is 19.7 Å². The highest BCUT2D eigenvalue weighted by Gasteiger charge is 2.16. The molecule has 0 radical (unpaired) electrons. The van der Waals surface area contributed by atoms with Gasteiger partial charge in [-0.1, -0.05) is 12.3 Å². The number of nitrogens with zero attached hydrogens (tertiary/aromatic N) is 1. The van der Waals surface area contributed by atoms with Crippen LogP contribution in [-0.2, 0) is 0 Å². The molecule has 0 aromatic heterocycles. The number of hydrogen-bond donors (Lipinski definition) is 1. The molecule has 1 heterocycles. The second-order valence-corrected chi connectivity index (χ2v) is 2.96. The van der Waals surface area contributed by atoms with Gasteiger partial charge >= 0.3 is 0 Å². The van der Waals surface area contributed by atoms with Crippen LogP contribution in [0.4, 0.5) is 0 Å². The van der Waals surface area contributed by atoms with Crippen LogP contribution in [0.5, 0.6) is 0 Å². The van der Waals surface area contributed by atoms with E-state index in [1.165, 1.54) is 19.3 Å². The van der Waals surface area contributed by atoms with Gasteiger partial charge in [0.15, 0.2) is 0 Å². The minimum absolute atomic E-state index is 0.0460. The first kappa shape index (κ1) is 8.58. The third-order valence-electron chi connectivity index (χ3n) is 2.20. The zero-order valence-electron chi connectivity index (χ0n) is 6.79. The lowest BCUT2D eigenvalue weighted by atomic mass is 10.1. The van der Waals surface area contributed by atoms with Crippen molar-refractivity contribution in [3.63, 3.8) is 0 Å². The van der Waals surface area contributed by atoms with E-state index in [1.807, 2.05) is 0 Å². The van der Waals surface area contributed by atoms with E-state index in [4.69, 9.17) is 11.5 Å². The monoisotopic (exact) mass is 153 g/mol. The molecular weight excluding hydrogens is 138 g/mol. The molecule has 0 aliphatic carbocycles. The van der Waals surface area contributed by atoms with Gasteiger partial charge in [0.05, 0.1) is 12.6 Å². The Bertz CT molecular complexity index is 144. The summed E-state index contributed by atoms with van der Waals surface area (Å²) in [6, 6.07) is -0.0460. The van der Waals surface area contributed by atoms with Crippen molar-refractivity contribution >= 4 is 0 Å². The van der Waals surface area contributed by atoms with E-state index in [0.717, 1.165) is 13.1 Å². The first-order valence-corrected chi connectivity index (χ1v) is 4.19. The van der Waals surface area contributed by atoms with Crippen LogP contribution in [0.15, 0.2) is 0 Å². The first-order chi connectivity index (χ1) is 5.38. The Labute approximate surface area is 68.2 Å². The van der Waals surface area contributed by atoms with Crippen LogP contribution in [0.25, 0.3) is 0 Å². The SMILES string of the molecule is C#CC(CO)N1CCCCC1. The Balaban J connectivity index is 2.38. The van der Waals surface area contributed by atoms with Gasteiger partial charge in [0.2, 0.25) is 0 Å². The maximum atomic E-state index is 8.89. The molecule has 0 spiro atoms. The number of terminal acetylenes is 1. The van der Waals surface area contributed by atoms with Gasteiger partial charge in [-0.2, -0.15) is 0 Å². The minimum atomic E-state index is -0.0460. The fourth-order valence-electron chi connectivity index (χ4n) is 1.50. The summed E-state index contributed by atoms with van der Waals surface area (Å²) in [5.41, 5.74) is 0. The fourth-order valence-corrected chi connectivity index (χ4v) is 1.50. The van der Waals surface area contributed by atoms with E-state index in [0.29, 0.717) is 0 Å². The maximum absolute atomic E-state index is 8.89. The summed E-state index contributed by atoms with van der Waals surface area (Å²) in [5.74, 6) is 2.60. The summed E-state index contributed by atoms with van der Waals surface area (Å²) in [7, 11) is 0. The minimum Gasteiger partial charge on any atom is -0.394 e. The van der Waals surface area contributed by atoms with Gasteiger partial charge in [0.25, 0.3) is 0 Å². The molecule has 0 aromatic rings. The molecular formula is C9H15NO. The standard InChI is InChI=1S/C9H15NO/c1-2-9(8-11)10-6-4-3-5-7-10/h1,9,11H,3-8H2. The number of piperidine rings is 1. The van der Waals surface area contributed by atoms with Crippen LogP contribution in [-0.4, -0.2) is 35.7 Å². The number of hydrogen-bond acceptors (Lipinski definition) is 2. The highest BCUT2D eigenvalue weighted by atomic mass is 16.3. The van der Waals surface area contributed by atoms with E-state index in [2.05, 4.69) is 10.8 Å². The Kier molecular flexibility index (Phi) is 3.41. The predicted molar refractivity (Wildman–Crippen MR) is 45.1 cm³/mol. The number of rotatable bonds is 2. The third-order valence-corrected chi connectivity index (χ3v) is 2.20. The van der Waals surface area contributed by atoms with Crippen LogP contribution in [0.1, 0.15) is 19.3 Å². The van der Waals surface area contributed by atoms with E-state index < -0.39 is 0 Å². The Morgan fingerprint density at radius 3 is 2.45 bits per heavy atom. The molecule has 0 saturated carbocycles. The molecule has 1 aliphatic rings. The fraction of sp³-hybridized carbons (Fsp3) is 0.778. The molecule has 0 amide bonds. The molecule has 1 unspecified atom stereocenters. The van der Waals surface area contributed by atoms with Crippen LogP contribution in [0.3, 0.4) is 0 Å². The topological polar surface area (TPSA) is 23.5 Å². The Morgan fingerprint density at radius 1 is 1.36 bits per heavy atom. The van der Waals surface area contributed by atoms with E-state index in [-0.39, 0.29) is 12.6 Å². The summed E-state index contributed by atoms with van der Waals surface area (Å²) < 4.78 is 0. The quantitative estimate of drug-likeness (QED) is 0.583. The molecule has 11 heavy (non-hydrogen) atoms. The number of aliphatic hydroxyl groups excluding tert-OH is 1. The van der Waals surface area contributed by atoms with Crippen molar-refractivity contribution in [1.29, 1.82) is 0 Å². The van der Waals surface area contributed by atoms with Gasteiger partial charge in [-0.15, -0.1) is 6.42 Å². The van der Waals surface area contributed by atoms with Crippen molar-refractivity contribution < 1.29 is 5.11 Å². The number of aliphatic hydroxyl groups is 1. The highest BCUT2D eigenvalue weighted by molar-refractivity contribution is 5.00. The van der Waals surface area contributed by atoms with Crippen molar-refractivity contribution in [2.24, 2.45) is 0 Å². The van der Waals surface area contributed by atoms with Crippen LogP contribution in [0.2, 0.25) is 0 Å². The zero-order valence-corrected chi connectivity index (χ0v) is 6.79. The zero-order chi connectivity index (χ0) is 8.10. The highest BCUT2D eigenvalue weighted by Crippen LogP contribution is 2.11. The molecule has 2 nitrogen and oxygen atoms in total. The lowest BCUT2D eigenvalue weighted by Crippen LogP contribution is -2.40. The molecule has 1 rings (SSSR count). The van der Waals surface area contributed by atoms with Crippen molar-refractivity contribution in [3.05, 3.63) is 0 Å². The molecule has 62 valence electrons. The maximum Gasteiger partial charge on any atom is 0.0946 e. The Morgan fingerprint density at radius 2 is 2.00 bits per heavy atom. The van der Waals surface area contributed by atoms with Crippen molar-refractivity contribution in [3.8, 4) is 12.3 Å². The summed E-state index contributed by atoms with van der Waals surface area (Å²) in [6.45, 7) is 2.20. The summed E-state index contributed by atoms with van der Waals surface area (Å²) in [4.78, 5) is 2.18. The number of likely N-dealkylation sites (tertiary alicyclic amines) is 1. The second kappa shape index (κ2) is 4.38. The second-order valence-electron chi connectivity index (χ2n) is 2.96. The molecule has 1 saturated heterocycles. The van der Waals surface area contributed by atoms with Gasteiger partial charge in [0, 0.05) is 0 Å². The van der Waals surface area contributed by atoms with E-state index in [9.17, 15) is 0 Å². The largest absolute Gasteiger partial charge is 0.394 e. The average molecular weight is 153 g/mol. The van der Waals surface area contributed by atoms with Crippen LogP contribution in [0, 0.1) is 12.3 Å². The van der Waals surface area contributed by atoms with Gasteiger partial charge in [-0.05, 0) is 25.9 Å². The van der Waals surface area contributed by atoms with Crippen LogP contribution < -0.4 is 0 Å². The average Bonchev–Trinajstić information content (AvgIpc) is 2.09. The van der Waals surface area contributed by atoms with E-state index >= 15 is 0 Å². The summed E-state index contributed by atoms with van der Waals surface area (Å²) >= 11 is 0. The summed E-state index contributed by atoms with van der Waals surface area (Å²) in [5, 5.41) is 8.89. The third kappa shape index (κ3) is 2.21. The first-order valence-electron chi connectivity index (χ1n) is 4.19. The lowest BCUT2D eigenvalue weighted by molar-refractivity contribution is 0.137.